The van der Waals surface area contributed by atoms with Gasteiger partial charge in [0, 0.05) is 25.1 Å². The summed E-state index contributed by atoms with van der Waals surface area (Å²) in [7, 11) is 0. The third-order valence-electron chi connectivity index (χ3n) is 2.60. The molecule has 0 spiro atoms. The maximum Gasteiger partial charge on any atom is 0.221 e. The van der Waals surface area contributed by atoms with Crippen LogP contribution in [0.15, 0.2) is 41.8 Å². The third kappa shape index (κ3) is 5.72. The molecule has 0 radical (unpaired) electrons. The van der Waals surface area contributed by atoms with E-state index in [1.54, 1.807) is 11.3 Å². The van der Waals surface area contributed by atoms with Crippen molar-refractivity contribution in [3.05, 3.63) is 46.7 Å². The number of anilines is 1. The highest BCUT2D eigenvalue weighted by atomic mass is 32.1. The standard InChI is InChI=1S/C17H17NO2S/c1-14(19)18-15-7-5-8-16(13-15)20-11-4-2-3-9-17-10-6-12-21-17/h5-8,10,12-13H,2,4,11H2,1H3,(H,18,19). The lowest BCUT2D eigenvalue weighted by molar-refractivity contribution is -0.114. The number of thiophene rings is 1. The molecule has 1 N–H and O–H groups in total. The second-order valence-electron chi connectivity index (χ2n) is 4.44. The van der Waals surface area contributed by atoms with Gasteiger partial charge in [-0.3, -0.25) is 4.79 Å². The van der Waals surface area contributed by atoms with Crippen LogP contribution in [0.3, 0.4) is 0 Å². The molecule has 0 unspecified atom stereocenters. The fourth-order valence-corrected chi connectivity index (χ4v) is 2.31. The Morgan fingerprint density at radius 1 is 1.33 bits per heavy atom. The molecule has 2 aromatic rings. The van der Waals surface area contributed by atoms with Crippen LogP contribution in [0.25, 0.3) is 0 Å². The van der Waals surface area contributed by atoms with Gasteiger partial charge in [0.15, 0.2) is 0 Å². The van der Waals surface area contributed by atoms with E-state index in [1.807, 2.05) is 41.8 Å². The Labute approximate surface area is 129 Å². The van der Waals surface area contributed by atoms with Crippen molar-refractivity contribution in [3.63, 3.8) is 0 Å². The minimum absolute atomic E-state index is 0.0870. The lowest BCUT2D eigenvalue weighted by Crippen LogP contribution is -2.05. The van der Waals surface area contributed by atoms with Crippen LogP contribution in [0.1, 0.15) is 24.6 Å². The van der Waals surface area contributed by atoms with Crippen molar-refractivity contribution in [2.75, 3.05) is 11.9 Å². The van der Waals surface area contributed by atoms with Crippen LogP contribution in [0.2, 0.25) is 0 Å². The van der Waals surface area contributed by atoms with Crippen LogP contribution < -0.4 is 10.1 Å². The van der Waals surface area contributed by atoms with Gasteiger partial charge in [-0.15, -0.1) is 11.3 Å². The molecular weight excluding hydrogens is 282 g/mol. The summed E-state index contributed by atoms with van der Waals surface area (Å²) in [5.41, 5.74) is 0.748. The van der Waals surface area contributed by atoms with E-state index in [-0.39, 0.29) is 5.91 Å². The molecule has 1 amide bonds. The van der Waals surface area contributed by atoms with Gasteiger partial charge >= 0.3 is 0 Å². The van der Waals surface area contributed by atoms with Crippen LogP contribution >= 0.6 is 11.3 Å². The zero-order valence-corrected chi connectivity index (χ0v) is 12.7. The molecular formula is C17H17NO2S. The molecule has 2 rings (SSSR count). The normalized spacial score (nSPS) is 9.57. The SMILES string of the molecule is CC(=O)Nc1cccc(OCCCC#Cc2cccs2)c1. The molecule has 1 aromatic heterocycles. The smallest absolute Gasteiger partial charge is 0.221 e. The molecule has 0 aliphatic heterocycles. The number of ether oxygens (including phenoxy) is 1. The Bertz CT molecular complexity index is 638. The van der Waals surface area contributed by atoms with Crippen molar-refractivity contribution in [1.82, 2.24) is 0 Å². The number of amides is 1. The maximum atomic E-state index is 11.0. The van der Waals surface area contributed by atoms with Gasteiger partial charge < -0.3 is 10.1 Å². The van der Waals surface area contributed by atoms with E-state index in [9.17, 15) is 4.79 Å². The molecule has 3 nitrogen and oxygen atoms in total. The van der Waals surface area contributed by atoms with Gasteiger partial charge in [-0.1, -0.05) is 24.0 Å². The van der Waals surface area contributed by atoms with E-state index < -0.39 is 0 Å². The zero-order valence-electron chi connectivity index (χ0n) is 11.9. The molecule has 0 saturated carbocycles. The molecule has 0 fully saturated rings. The highest BCUT2D eigenvalue weighted by molar-refractivity contribution is 7.10. The van der Waals surface area contributed by atoms with Crippen LogP contribution in [-0.2, 0) is 4.79 Å². The Morgan fingerprint density at radius 2 is 2.24 bits per heavy atom. The number of unbranched alkanes of at least 4 members (excludes halogenated alkanes) is 1. The molecule has 1 heterocycles. The van der Waals surface area contributed by atoms with Gasteiger partial charge in [-0.25, -0.2) is 0 Å². The van der Waals surface area contributed by atoms with Crippen molar-refractivity contribution in [1.29, 1.82) is 0 Å². The first-order valence-corrected chi connectivity index (χ1v) is 7.65. The van der Waals surface area contributed by atoms with E-state index in [0.29, 0.717) is 6.61 Å². The summed E-state index contributed by atoms with van der Waals surface area (Å²) < 4.78 is 5.65. The lowest BCUT2D eigenvalue weighted by Gasteiger charge is -2.07. The van der Waals surface area contributed by atoms with Crippen LogP contribution in [0.5, 0.6) is 5.75 Å². The fraction of sp³-hybridized carbons (Fsp3) is 0.235. The highest BCUT2D eigenvalue weighted by Crippen LogP contribution is 2.17. The maximum absolute atomic E-state index is 11.0. The van der Waals surface area contributed by atoms with E-state index in [2.05, 4.69) is 17.2 Å². The zero-order chi connectivity index (χ0) is 14.9. The first-order valence-electron chi connectivity index (χ1n) is 6.77. The third-order valence-corrected chi connectivity index (χ3v) is 3.39. The molecule has 108 valence electrons. The fourth-order valence-electron chi connectivity index (χ4n) is 1.72. The average Bonchev–Trinajstić information content (AvgIpc) is 2.95. The molecule has 1 aromatic carbocycles. The largest absolute Gasteiger partial charge is 0.493 e. The predicted octanol–water partition coefficient (Wildman–Crippen LogP) is 3.92. The van der Waals surface area contributed by atoms with Crippen molar-refractivity contribution in [3.8, 4) is 17.6 Å². The Balaban J connectivity index is 1.72. The lowest BCUT2D eigenvalue weighted by atomic mass is 10.3. The summed E-state index contributed by atoms with van der Waals surface area (Å²) in [6.07, 6.45) is 1.69. The van der Waals surface area contributed by atoms with Gasteiger partial charge in [0.1, 0.15) is 5.75 Å². The van der Waals surface area contributed by atoms with Crippen LogP contribution in [0.4, 0.5) is 5.69 Å². The van der Waals surface area contributed by atoms with Gasteiger partial charge in [-0.2, -0.15) is 0 Å². The molecule has 0 bridgehead atoms. The number of benzene rings is 1. The van der Waals surface area contributed by atoms with E-state index >= 15 is 0 Å². The summed E-state index contributed by atoms with van der Waals surface area (Å²) in [4.78, 5) is 12.1. The molecule has 0 atom stereocenters. The van der Waals surface area contributed by atoms with Crippen molar-refractivity contribution < 1.29 is 9.53 Å². The number of carbonyl (C=O) groups is 1. The number of hydrogen-bond donors (Lipinski definition) is 1. The second-order valence-corrected chi connectivity index (χ2v) is 5.39. The van der Waals surface area contributed by atoms with Gasteiger partial charge in [0.05, 0.1) is 11.5 Å². The summed E-state index contributed by atoms with van der Waals surface area (Å²) in [5, 5.41) is 4.75. The van der Waals surface area contributed by atoms with Gasteiger partial charge in [-0.05, 0) is 30.0 Å². The highest BCUT2D eigenvalue weighted by Gasteiger charge is 1.98. The monoisotopic (exact) mass is 299 g/mol. The summed E-state index contributed by atoms with van der Waals surface area (Å²) in [6.45, 7) is 2.10. The molecule has 21 heavy (non-hydrogen) atoms. The second kappa shape index (κ2) is 8.13. The van der Waals surface area contributed by atoms with Crippen molar-refractivity contribution >= 4 is 22.9 Å². The molecule has 0 saturated heterocycles. The Hall–Kier alpha value is -2.25. The average molecular weight is 299 g/mol. The Kier molecular flexibility index (Phi) is 5.86. The minimum Gasteiger partial charge on any atom is -0.493 e. The summed E-state index contributed by atoms with van der Waals surface area (Å²) >= 11 is 1.65. The summed E-state index contributed by atoms with van der Waals surface area (Å²) in [6, 6.07) is 11.4. The van der Waals surface area contributed by atoms with E-state index in [1.165, 1.54) is 6.92 Å². The number of carbonyl (C=O) groups excluding carboxylic acids is 1. The topological polar surface area (TPSA) is 38.3 Å². The van der Waals surface area contributed by atoms with Crippen molar-refractivity contribution in [2.24, 2.45) is 0 Å². The van der Waals surface area contributed by atoms with E-state index in [4.69, 9.17) is 4.74 Å². The van der Waals surface area contributed by atoms with Crippen LogP contribution in [0, 0.1) is 11.8 Å². The van der Waals surface area contributed by atoms with Crippen molar-refractivity contribution in [2.45, 2.75) is 19.8 Å². The quantitative estimate of drug-likeness (QED) is 0.671. The molecule has 0 aliphatic rings. The first-order chi connectivity index (χ1) is 10.2. The predicted molar refractivity (Wildman–Crippen MR) is 86.7 cm³/mol. The molecule has 0 aliphatic carbocycles. The Morgan fingerprint density at radius 3 is 3.00 bits per heavy atom. The molecule has 4 heteroatoms. The number of rotatable bonds is 5. The minimum atomic E-state index is -0.0870. The van der Waals surface area contributed by atoms with Gasteiger partial charge in [0.25, 0.3) is 0 Å². The van der Waals surface area contributed by atoms with E-state index in [0.717, 1.165) is 29.2 Å². The first kappa shape index (κ1) is 15.1. The van der Waals surface area contributed by atoms with Crippen LogP contribution in [-0.4, -0.2) is 12.5 Å². The summed E-state index contributed by atoms with van der Waals surface area (Å²) in [5.74, 6) is 6.92. The van der Waals surface area contributed by atoms with Gasteiger partial charge in [0.2, 0.25) is 5.91 Å². The number of nitrogens with one attached hydrogen (secondary N) is 1. The number of hydrogen-bond acceptors (Lipinski definition) is 3.